The summed E-state index contributed by atoms with van der Waals surface area (Å²) >= 11 is 0. The predicted molar refractivity (Wildman–Crippen MR) is 55.0 cm³/mol. The minimum Gasteiger partial charge on any atom is -0.492 e. The molecule has 0 spiro atoms. The molecule has 0 bridgehead atoms. The van der Waals surface area contributed by atoms with Gasteiger partial charge in [0.25, 0.3) is 0 Å². The molecule has 0 saturated heterocycles. The highest BCUT2D eigenvalue weighted by molar-refractivity contribution is 5.89. The number of carbonyl (C=O) groups excluding carboxylic acids is 1. The second-order valence-electron chi connectivity index (χ2n) is 3.59. The lowest BCUT2D eigenvalue weighted by Crippen LogP contribution is -2.33. The summed E-state index contributed by atoms with van der Waals surface area (Å²) < 4.78 is 10.1. The lowest BCUT2D eigenvalue weighted by Gasteiger charge is -2.22. The van der Waals surface area contributed by atoms with E-state index in [0.717, 1.165) is 17.7 Å². The summed E-state index contributed by atoms with van der Waals surface area (Å²) in [4.78, 5) is 11.3. The van der Waals surface area contributed by atoms with Gasteiger partial charge in [0.05, 0.1) is 12.7 Å². The molecule has 1 unspecified atom stereocenters. The van der Waals surface area contributed by atoms with Crippen LogP contribution in [-0.4, -0.2) is 25.7 Å². The Hall–Kier alpha value is -1.55. The van der Waals surface area contributed by atoms with Crippen LogP contribution in [0, 0.1) is 0 Å². The van der Waals surface area contributed by atoms with E-state index < -0.39 is 0 Å². The highest BCUT2D eigenvalue weighted by atomic mass is 16.5. The third-order valence-electron chi connectivity index (χ3n) is 2.42. The standard InChI is InChI=1S/C11H13NO3/c1-14-11(13)7-2-3-10-8(4-7)5-9(12)6-15-10/h2-4,9H,5-6,12H2,1H3. The van der Waals surface area contributed by atoms with Crippen molar-refractivity contribution in [3.05, 3.63) is 29.3 Å². The lowest BCUT2D eigenvalue weighted by atomic mass is 10.0. The van der Waals surface area contributed by atoms with Crippen LogP contribution >= 0.6 is 0 Å². The molecule has 0 radical (unpaired) electrons. The van der Waals surface area contributed by atoms with Crippen molar-refractivity contribution in [1.82, 2.24) is 0 Å². The van der Waals surface area contributed by atoms with Crippen molar-refractivity contribution >= 4 is 5.97 Å². The van der Waals surface area contributed by atoms with Crippen molar-refractivity contribution in [2.75, 3.05) is 13.7 Å². The Kier molecular flexibility index (Phi) is 2.60. The number of rotatable bonds is 1. The maximum Gasteiger partial charge on any atom is 0.337 e. The number of esters is 1. The first-order valence-corrected chi connectivity index (χ1v) is 4.80. The Morgan fingerprint density at radius 2 is 2.40 bits per heavy atom. The predicted octanol–water partition coefficient (Wildman–Crippen LogP) is 0.735. The monoisotopic (exact) mass is 207 g/mol. The van der Waals surface area contributed by atoms with Crippen LogP contribution in [0.4, 0.5) is 0 Å². The van der Waals surface area contributed by atoms with Crippen molar-refractivity contribution in [3.8, 4) is 5.75 Å². The molecule has 4 nitrogen and oxygen atoms in total. The van der Waals surface area contributed by atoms with E-state index in [9.17, 15) is 4.79 Å². The van der Waals surface area contributed by atoms with Gasteiger partial charge in [-0.1, -0.05) is 0 Å². The maximum atomic E-state index is 11.3. The molecule has 1 aromatic carbocycles. The average Bonchev–Trinajstić information content (AvgIpc) is 2.27. The highest BCUT2D eigenvalue weighted by Gasteiger charge is 2.18. The van der Waals surface area contributed by atoms with E-state index in [4.69, 9.17) is 10.5 Å². The van der Waals surface area contributed by atoms with E-state index in [0.29, 0.717) is 12.2 Å². The van der Waals surface area contributed by atoms with Gasteiger partial charge in [0.15, 0.2) is 0 Å². The van der Waals surface area contributed by atoms with Crippen LogP contribution in [0.1, 0.15) is 15.9 Å². The van der Waals surface area contributed by atoms with E-state index in [1.165, 1.54) is 7.11 Å². The molecule has 80 valence electrons. The Bertz CT molecular complexity index is 389. The number of fused-ring (bicyclic) bond motifs is 1. The van der Waals surface area contributed by atoms with Gasteiger partial charge in [-0.05, 0) is 30.2 Å². The fourth-order valence-corrected chi connectivity index (χ4v) is 1.66. The van der Waals surface area contributed by atoms with Crippen LogP contribution in [0.2, 0.25) is 0 Å². The molecule has 0 aliphatic carbocycles. The van der Waals surface area contributed by atoms with Crippen LogP contribution in [0.3, 0.4) is 0 Å². The number of nitrogens with two attached hydrogens (primary N) is 1. The Morgan fingerprint density at radius 1 is 1.60 bits per heavy atom. The fraction of sp³-hybridized carbons (Fsp3) is 0.364. The quantitative estimate of drug-likeness (QED) is 0.690. The number of ether oxygens (including phenoxy) is 2. The van der Waals surface area contributed by atoms with Gasteiger partial charge in [0, 0.05) is 6.04 Å². The molecular formula is C11H13NO3. The van der Waals surface area contributed by atoms with Gasteiger partial charge < -0.3 is 15.2 Å². The second-order valence-corrected chi connectivity index (χ2v) is 3.59. The zero-order valence-corrected chi connectivity index (χ0v) is 8.53. The first-order chi connectivity index (χ1) is 7.20. The normalized spacial score (nSPS) is 18.9. The molecular weight excluding hydrogens is 194 g/mol. The molecule has 0 fully saturated rings. The summed E-state index contributed by atoms with van der Waals surface area (Å²) in [6.07, 6.45) is 0.736. The molecule has 1 aliphatic heterocycles. The third kappa shape index (κ3) is 1.94. The van der Waals surface area contributed by atoms with Crippen LogP contribution in [0.5, 0.6) is 5.75 Å². The van der Waals surface area contributed by atoms with E-state index in [1.54, 1.807) is 18.2 Å². The van der Waals surface area contributed by atoms with Gasteiger partial charge in [-0.2, -0.15) is 0 Å². The second kappa shape index (κ2) is 3.90. The molecule has 1 aliphatic rings. The van der Waals surface area contributed by atoms with Crippen molar-refractivity contribution in [3.63, 3.8) is 0 Å². The third-order valence-corrected chi connectivity index (χ3v) is 2.42. The van der Waals surface area contributed by atoms with E-state index in [1.807, 2.05) is 0 Å². The molecule has 1 atom stereocenters. The number of benzene rings is 1. The van der Waals surface area contributed by atoms with E-state index in [2.05, 4.69) is 4.74 Å². The van der Waals surface area contributed by atoms with Gasteiger partial charge in [0.2, 0.25) is 0 Å². The molecule has 0 saturated carbocycles. The number of carbonyl (C=O) groups is 1. The minimum atomic E-state index is -0.336. The average molecular weight is 207 g/mol. The van der Waals surface area contributed by atoms with Crippen molar-refractivity contribution in [2.24, 2.45) is 5.73 Å². The van der Waals surface area contributed by atoms with Gasteiger partial charge in [-0.25, -0.2) is 4.79 Å². The molecule has 0 aromatic heterocycles. The SMILES string of the molecule is COC(=O)c1ccc2c(c1)CC(N)CO2. The molecule has 2 N–H and O–H groups in total. The van der Waals surface area contributed by atoms with Crippen LogP contribution < -0.4 is 10.5 Å². The smallest absolute Gasteiger partial charge is 0.337 e. The summed E-state index contributed by atoms with van der Waals surface area (Å²) in [5.74, 6) is 0.473. The lowest BCUT2D eigenvalue weighted by molar-refractivity contribution is 0.0600. The summed E-state index contributed by atoms with van der Waals surface area (Å²) in [6.45, 7) is 0.532. The summed E-state index contributed by atoms with van der Waals surface area (Å²) in [5.41, 5.74) is 7.27. The summed E-state index contributed by atoms with van der Waals surface area (Å²) in [6, 6.07) is 5.26. The number of hydrogen-bond donors (Lipinski definition) is 1. The Balaban J connectivity index is 2.32. The number of hydrogen-bond acceptors (Lipinski definition) is 4. The maximum absolute atomic E-state index is 11.3. The zero-order chi connectivity index (χ0) is 10.8. The van der Waals surface area contributed by atoms with Crippen molar-refractivity contribution in [1.29, 1.82) is 0 Å². The number of methoxy groups -OCH3 is 1. The van der Waals surface area contributed by atoms with Crippen LogP contribution in [-0.2, 0) is 11.2 Å². The zero-order valence-electron chi connectivity index (χ0n) is 8.53. The van der Waals surface area contributed by atoms with Gasteiger partial charge in [-0.15, -0.1) is 0 Å². The van der Waals surface area contributed by atoms with E-state index in [-0.39, 0.29) is 12.0 Å². The minimum absolute atomic E-state index is 0.00500. The van der Waals surface area contributed by atoms with E-state index >= 15 is 0 Å². The van der Waals surface area contributed by atoms with Crippen molar-refractivity contribution in [2.45, 2.75) is 12.5 Å². The Labute approximate surface area is 88.0 Å². The molecule has 0 amide bonds. The van der Waals surface area contributed by atoms with Crippen LogP contribution in [0.25, 0.3) is 0 Å². The summed E-state index contributed by atoms with van der Waals surface area (Å²) in [7, 11) is 1.37. The molecule has 2 rings (SSSR count). The van der Waals surface area contributed by atoms with Gasteiger partial charge in [0.1, 0.15) is 12.4 Å². The summed E-state index contributed by atoms with van der Waals surface area (Å²) in [5, 5.41) is 0. The highest BCUT2D eigenvalue weighted by Crippen LogP contribution is 2.25. The first kappa shape index (κ1) is 9.98. The van der Waals surface area contributed by atoms with Crippen LogP contribution in [0.15, 0.2) is 18.2 Å². The van der Waals surface area contributed by atoms with Gasteiger partial charge in [-0.3, -0.25) is 0 Å². The van der Waals surface area contributed by atoms with Crippen molar-refractivity contribution < 1.29 is 14.3 Å². The molecule has 1 heterocycles. The molecule has 1 aromatic rings. The largest absolute Gasteiger partial charge is 0.492 e. The van der Waals surface area contributed by atoms with Gasteiger partial charge >= 0.3 is 5.97 Å². The molecule has 15 heavy (non-hydrogen) atoms. The first-order valence-electron chi connectivity index (χ1n) is 4.80. The topological polar surface area (TPSA) is 61.5 Å². The molecule has 4 heteroatoms. The fourth-order valence-electron chi connectivity index (χ4n) is 1.66. The Morgan fingerprint density at radius 3 is 3.13 bits per heavy atom.